The second-order valence-corrected chi connectivity index (χ2v) is 8.38. The molecule has 0 unspecified atom stereocenters. The van der Waals surface area contributed by atoms with Crippen molar-refractivity contribution >= 4 is 16.0 Å². The van der Waals surface area contributed by atoms with Crippen LogP contribution in [0.25, 0.3) is 0 Å². The van der Waals surface area contributed by atoms with E-state index in [0.29, 0.717) is 0 Å². The Hall–Kier alpha value is -3.04. The zero-order chi connectivity index (χ0) is 23.1. The Morgan fingerprint density at radius 2 is 1.45 bits per heavy atom. The van der Waals surface area contributed by atoms with Crippen LogP contribution in [-0.4, -0.2) is 24.2 Å². The first-order valence-electron chi connectivity index (χ1n) is 8.43. The molecule has 2 aromatic carbocycles. The molecule has 0 N–H and O–H groups in total. The van der Waals surface area contributed by atoms with E-state index < -0.39 is 67.9 Å². The summed E-state index contributed by atoms with van der Waals surface area (Å²) in [6, 6.07) is 4.10. The number of ether oxygens (including phenoxy) is 1. The zero-order valence-electron chi connectivity index (χ0n) is 15.3. The van der Waals surface area contributed by atoms with Crippen molar-refractivity contribution in [3.8, 4) is 12.5 Å². The van der Waals surface area contributed by atoms with Gasteiger partial charge in [0.25, 0.3) is 10.0 Å². The van der Waals surface area contributed by atoms with Gasteiger partial charge in [0.05, 0.1) is 0 Å². The van der Waals surface area contributed by atoms with Crippen LogP contribution >= 0.6 is 0 Å². The molecule has 0 spiro atoms. The fourth-order valence-corrected chi connectivity index (χ4v) is 4.85. The second kappa shape index (κ2) is 7.90. The van der Waals surface area contributed by atoms with Crippen LogP contribution in [0.4, 0.5) is 26.3 Å². The van der Waals surface area contributed by atoms with Crippen LogP contribution in [0.1, 0.15) is 18.4 Å². The molecule has 0 aliphatic heterocycles. The van der Waals surface area contributed by atoms with Crippen LogP contribution in [0.3, 0.4) is 0 Å². The third kappa shape index (κ3) is 3.75. The van der Waals surface area contributed by atoms with Crippen molar-refractivity contribution in [3.63, 3.8) is 0 Å². The van der Waals surface area contributed by atoms with Crippen LogP contribution in [-0.2, 0) is 26.1 Å². The van der Waals surface area contributed by atoms with Crippen LogP contribution in [0.2, 0.25) is 0 Å². The average molecular weight is 463 g/mol. The van der Waals surface area contributed by atoms with Crippen molar-refractivity contribution in [3.05, 3.63) is 64.7 Å². The highest BCUT2D eigenvalue weighted by Gasteiger charge is 2.61. The zero-order valence-corrected chi connectivity index (χ0v) is 16.1. The molecule has 12 heteroatoms. The van der Waals surface area contributed by atoms with E-state index in [1.54, 1.807) is 6.11 Å². The van der Waals surface area contributed by atoms with Gasteiger partial charge in [0.2, 0.25) is 5.82 Å². The van der Waals surface area contributed by atoms with E-state index in [0.717, 1.165) is 24.3 Å². The number of esters is 1. The van der Waals surface area contributed by atoms with Crippen molar-refractivity contribution in [1.29, 1.82) is 0 Å². The molecule has 1 saturated carbocycles. The van der Waals surface area contributed by atoms with Crippen molar-refractivity contribution in [2.45, 2.75) is 29.8 Å². The summed E-state index contributed by atoms with van der Waals surface area (Å²) in [5, 5.41) is 0. The van der Waals surface area contributed by atoms with Crippen LogP contribution < -0.4 is 0 Å². The lowest BCUT2D eigenvalue weighted by atomic mass is 10.2. The highest BCUT2D eigenvalue weighted by molar-refractivity contribution is 7.89. The molecule has 1 aliphatic carbocycles. The van der Waals surface area contributed by atoms with Crippen LogP contribution in [0.5, 0.6) is 0 Å². The SMILES string of the molecule is C#COC(=O)C1(N(Cc2ccc(F)cc2)S(=O)(=O)c2c(F)c(F)c(F)c(F)c2F)CC1. The van der Waals surface area contributed by atoms with E-state index in [-0.39, 0.29) is 22.7 Å². The van der Waals surface area contributed by atoms with Crippen LogP contribution in [0, 0.1) is 47.4 Å². The maximum atomic E-state index is 14.3. The average Bonchev–Trinajstić information content (AvgIpc) is 3.52. The number of sulfonamides is 1. The maximum absolute atomic E-state index is 14.3. The van der Waals surface area contributed by atoms with Crippen molar-refractivity contribution in [2.75, 3.05) is 0 Å². The number of carbonyl (C=O) groups is 1. The van der Waals surface area contributed by atoms with Gasteiger partial charge in [-0.3, -0.25) is 0 Å². The first-order chi connectivity index (χ1) is 14.5. The molecular formula is C19H11F6NO4S. The van der Waals surface area contributed by atoms with Gasteiger partial charge in [0.15, 0.2) is 28.2 Å². The number of rotatable bonds is 6. The highest BCUT2D eigenvalue weighted by atomic mass is 32.2. The standard InChI is InChI=1S/C19H11F6NO4S/c1-2-30-18(27)19(7-8-19)26(9-10-3-5-11(20)6-4-10)31(28,29)17-15(24)13(22)12(21)14(23)16(17)25/h1,3-6H,7-9H2. The predicted octanol–water partition coefficient (Wildman–Crippen LogP) is 3.38. The quantitative estimate of drug-likeness (QED) is 0.217. The minimum atomic E-state index is -5.52. The van der Waals surface area contributed by atoms with E-state index in [1.807, 2.05) is 0 Å². The predicted molar refractivity (Wildman–Crippen MR) is 92.3 cm³/mol. The first kappa shape index (κ1) is 22.6. The van der Waals surface area contributed by atoms with E-state index in [4.69, 9.17) is 6.42 Å². The molecule has 31 heavy (non-hydrogen) atoms. The molecule has 0 bridgehead atoms. The first-order valence-corrected chi connectivity index (χ1v) is 9.87. The largest absolute Gasteiger partial charge is 0.371 e. The molecule has 0 saturated heterocycles. The number of nitrogens with zero attached hydrogens (tertiary/aromatic N) is 1. The fourth-order valence-electron chi connectivity index (χ4n) is 2.97. The third-order valence-electron chi connectivity index (χ3n) is 4.69. The Bertz CT molecular complexity index is 1170. The number of carbonyl (C=O) groups excluding carboxylic acids is 1. The summed E-state index contributed by atoms with van der Waals surface area (Å²) in [6.45, 7) is -0.776. The monoisotopic (exact) mass is 463 g/mol. The van der Waals surface area contributed by atoms with Gasteiger partial charge in [-0.05, 0) is 30.5 Å². The van der Waals surface area contributed by atoms with E-state index >= 15 is 0 Å². The van der Waals surface area contributed by atoms with Gasteiger partial charge in [-0.1, -0.05) is 18.6 Å². The van der Waals surface area contributed by atoms with Gasteiger partial charge in [0, 0.05) is 6.54 Å². The van der Waals surface area contributed by atoms with Gasteiger partial charge >= 0.3 is 5.97 Å². The summed E-state index contributed by atoms with van der Waals surface area (Å²) in [5.74, 6) is -14.7. The lowest BCUT2D eigenvalue weighted by molar-refractivity contribution is -0.143. The van der Waals surface area contributed by atoms with Crippen molar-refractivity contribution < 1.29 is 44.3 Å². The molecule has 164 valence electrons. The Balaban J connectivity index is 2.21. The highest BCUT2D eigenvalue weighted by Crippen LogP contribution is 2.47. The molecule has 0 amide bonds. The number of hydrogen-bond acceptors (Lipinski definition) is 4. The molecule has 5 nitrogen and oxygen atoms in total. The number of terminal acetylenes is 1. The molecule has 3 rings (SSSR count). The van der Waals surface area contributed by atoms with Gasteiger partial charge in [-0.2, -0.15) is 4.31 Å². The molecule has 0 heterocycles. The number of benzene rings is 2. The van der Waals surface area contributed by atoms with E-state index in [2.05, 4.69) is 4.74 Å². The summed E-state index contributed by atoms with van der Waals surface area (Å²) < 4.78 is 113. The Labute approximate surface area is 172 Å². The normalized spacial score (nSPS) is 14.9. The molecule has 0 radical (unpaired) electrons. The molecule has 1 aliphatic rings. The summed E-state index contributed by atoms with van der Waals surface area (Å²) in [7, 11) is -5.52. The van der Waals surface area contributed by atoms with Gasteiger partial charge in [-0.25, -0.2) is 39.6 Å². The van der Waals surface area contributed by atoms with Gasteiger partial charge in [0.1, 0.15) is 17.5 Å². The molecule has 0 atom stereocenters. The number of hydrogen-bond donors (Lipinski definition) is 0. The minimum Gasteiger partial charge on any atom is -0.371 e. The summed E-state index contributed by atoms with van der Waals surface area (Å²) in [4.78, 5) is 10.2. The Morgan fingerprint density at radius 3 is 1.90 bits per heavy atom. The van der Waals surface area contributed by atoms with Gasteiger partial charge in [-0.15, -0.1) is 0 Å². The topological polar surface area (TPSA) is 63.7 Å². The maximum Gasteiger partial charge on any atom is 0.341 e. The lowest BCUT2D eigenvalue weighted by Crippen LogP contribution is -2.47. The molecular weight excluding hydrogens is 452 g/mol. The number of halogens is 6. The smallest absolute Gasteiger partial charge is 0.341 e. The lowest BCUT2D eigenvalue weighted by Gasteiger charge is -2.29. The minimum absolute atomic E-state index is 0.0497. The summed E-state index contributed by atoms with van der Waals surface area (Å²) in [5.41, 5.74) is -1.99. The van der Waals surface area contributed by atoms with Gasteiger partial charge < -0.3 is 4.74 Å². The Kier molecular flexibility index (Phi) is 5.77. The van der Waals surface area contributed by atoms with E-state index in [9.17, 15) is 39.6 Å². The summed E-state index contributed by atoms with van der Waals surface area (Å²) in [6.07, 6.45) is 6.02. The van der Waals surface area contributed by atoms with Crippen molar-refractivity contribution in [1.82, 2.24) is 4.31 Å². The third-order valence-corrected chi connectivity index (χ3v) is 6.62. The second-order valence-electron chi connectivity index (χ2n) is 6.58. The summed E-state index contributed by atoms with van der Waals surface area (Å²) >= 11 is 0. The molecule has 2 aromatic rings. The van der Waals surface area contributed by atoms with Crippen molar-refractivity contribution in [2.24, 2.45) is 0 Å². The molecule has 1 fully saturated rings. The Morgan fingerprint density at radius 1 is 0.968 bits per heavy atom. The molecule has 0 aromatic heterocycles. The van der Waals surface area contributed by atoms with E-state index in [1.165, 1.54) is 0 Å². The fraction of sp³-hybridized carbons (Fsp3) is 0.211. The van der Waals surface area contributed by atoms with Crippen LogP contribution in [0.15, 0.2) is 29.2 Å².